The van der Waals surface area contributed by atoms with Gasteiger partial charge in [0.2, 0.25) is 0 Å². The van der Waals surface area contributed by atoms with Gasteiger partial charge < -0.3 is 87.9 Å². The first-order valence-electron chi connectivity index (χ1n) is 27.2. The van der Waals surface area contributed by atoms with Gasteiger partial charge in [-0.25, -0.2) is 4.79 Å². The number of esters is 3. The number of ether oxygens (including phenoxy) is 11. The molecule has 5 aliphatic heterocycles. The molecule has 0 bridgehead atoms. The van der Waals surface area contributed by atoms with Gasteiger partial charge in [-0.1, -0.05) is 27.7 Å². The number of rotatable bonds is 13. The monoisotopic (exact) mass is 1050 g/mol. The maximum Gasteiger partial charge on any atom is 0.331 e. The van der Waals surface area contributed by atoms with Crippen molar-refractivity contribution in [3.63, 3.8) is 0 Å². The molecule has 74 heavy (non-hydrogen) atoms. The van der Waals surface area contributed by atoms with Crippen molar-refractivity contribution in [1.29, 1.82) is 0 Å². The molecule has 0 radical (unpaired) electrons. The highest BCUT2D eigenvalue weighted by molar-refractivity contribution is 5.85. The fourth-order valence-electron chi connectivity index (χ4n) is 15.0. The van der Waals surface area contributed by atoms with Crippen LogP contribution in [0.25, 0.3) is 0 Å². The van der Waals surface area contributed by atoms with E-state index in [9.17, 15) is 50.1 Å². The van der Waals surface area contributed by atoms with Crippen LogP contribution in [-0.4, -0.2) is 189 Å². The van der Waals surface area contributed by atoms with Crippen LogP contribution in [0.1, 0.15) is 126 Å². The highest BCUT2D eigenvalue weighted by Crippen LogP contribution is 2.70. The lowest BCUT2D eigenvalue weighted by atomic mass is 9.42. The Kier molecular flexibility index (Phi) is 16.7. The fourth-order valence-corrected chi connectivity index (χ4v) is 15.0. The van der Waals surface area contributed by atoms with E-state index in [1.54, 1.807) is 40.7 Å². The van der Waals surface area contributed by atoms with Crippen LogP contribution in [0, 0.1) is 40.4 Å². The number of fused-ring (bicyclic) bond motifs is 5. The summed E-state index contributed by atoms with van der Waals surface area (Å²) in [5.41, 5.74) is -1.04. The summed E-state index contributed by atoms with van der Waals surface area (Å²) < 4.78 is 66.1. The van der Waals surface area contributed by atoms with E-state index in [0.717, 1.165) is 37.7 Å². The van der Waals surface area contributed by atoms with E-state index in [4.69, 9.17) is 52.1 Å². The minimum absolute atomic E-state index is 0.0179. The average molecular weight is 1060 g/mol. The largest absolute Gasteiger partial charge is 0.459 e. The molecular formula is C53H82O21. The van der Waals surface area contributed by atoms with Gasteiger partial charge in [0.15, 0.2) is 31.3 Å². The lowest BCUT2D eigenvalue weighted by molar-refractivity contribution is -0.355. The Labute approximate surface area is 432 Å². The third-order valence-corrected chi connectivity index (χ3v) is 19.1. The minimum Gasteiger partial charge on any atom is -0.459 e. The summed E-state index contributed by atoms with van der Waals surface area (Å²) in [4.78, 5) is 36.8. The summed E-state index contributed by atoms with van der Waals surface area (Å²) in [6, 6.07) is 0. The van der Waals surface area contributed by atoms with Gasteiger partial charge in [-0.3, -0.25) is 9.59 Å². The lowest BCUT2D eigenvalue weighted by Gasteiger charge is -2.65. The third-order valence-electron chi connectivity index (χ3n) is 19.1. The highest BCUT2D eigenvalue weighted by Gasteiger charge is 2.71. The van der Waals surface area contributed by atoms with Gasteiger partial charge >= 0.3 is 17.9 Å². The SMILES string of the molecule is CC(=O)O[C@H]1C[C@H](O[C@H]2[C@@H](O)C[C@H](O[C@H]3[C@@H](O)C[C@H](O[C@H]4CC[C@@]5(C)[C@H](CC[C@@H]6[C@@H]5C[C@@H](O)[C@]5(C)[C@@H](C7=CC(=O)OC7)CC[C@]65O)C4)O[C@@H]3C)O[C@@H]2C)O[C@H](C)[C@H]1O[C@@H]1O[C@H](CO)[C@@H](O)[C@H](OC(=O)C(C)C)[C@H]1O. The molecule has 5 heterocycles. The van der Waals surface area contributed by atoms with Crippen LogP contribution in [0.3, 0.4) is 0 Å². The van der Waals surface area contributed by atoms with E-state index in [0.29, 0.717) is 25.2 Å². The van der Waals surface area contributed by atoms with Crippen molar-refractivity contribution in [2.24, 2.45) is 40.4 Å². The Hall–Kier alpha value is -2.45. The molecule has 0 amide bonds. The molecule has 4 saturated carbocycles. The summed E-state index contributed by atoms with van der Waals surface area (Å²) in [5, 5.41) is 79.4. The van der Waals surface area contributed by atoms with Gasteiger partial charge in [0.25, 0.3) is 0 Å². The Morgan fingerprint density at radius 2 is 1.34 bits per heavy atom. The smallest absolute Gasteiger partial charge is 0.331 e. The third kappa shape index (κ3) is 10.5. The minimum atomic E-state index is -1.69. The topological polar surface area (TPSA) is 294 Å². The van der Waals surface area contributed by atoms with Crippen molar-refractivity contribution >= 4 is 17.9 Å². The molecule has 0 aromatic heterocycles. The molecule has 4 saturated heterocycles. The summed E-state index contributed by atoms with van der Waals surface area (Å²) >= 11 is 0. The molecule has 7 N–H and O–H groups in total. The highest BCUT2D eigenvalue weighted by atomic mass is 16.8. The Bertz CT molecular complexity index is 2020. The van der Waals surface area contributed by atoms with Gasteiger partial charge in [0.05, 0.1) is 60.9 Å². The van der Waals surface area contributed by atoms with Crippen LogP contribution in [0.15, 0.2) is 11.6 Å². The van der Waals surface area contributed by atoms with E-state index < -0.39 is 146 Å². The van der Waals surface area contributed by atoms with Gasteiger partial charge in [0, 0.05) is 37.7 Å². The molecule has 21 nitrogen and oxygen atoms in total. The predicted molar refractivity (Wildman–Crippen MR) is 254 cm³/mol. The maximum absolute atomic E-state index is 12.7. The van der Waals surface area contributed by atoms with Crippen LogP contribution in [0.4, 0.5) is 0 Å². The lowest BCUT2D eigenvalue weighted by Crippen LogP contribution is -2.67. The van der Waals surface area contributed by atoms with Gasteiger partial charge in [0.1, 0.15) is 49.3 Å². The zero-order valence-corrected chi connectivity index (χ0v) is 44.0. The first-order chi connectivity index (χ1) is 34.9. The molecular weight excluding hydrogens is 973 g/mol. The van der Waals surface area contributed by atoms with Gasteiger partial charge in [-0.05, 0) is 107 Å². The molecule has 9 aliphatic rings. The van der Waals surface area contributed by atoms with Crippen molar-refractivity contribution in [2.75, 3.05) is 13.2 Å². The second kappa shape index (κ2) is 22.0. The van der Waals surface area contributed by atoms with Crippen molar-refractivity contribution in [2.45, 2.75) is 248 Å². The van der Waals surface area contributed by atoms with Crippen LogP contribution in [-0.2, 0) is 66.5 Å². The Morgan fingerprint density at radius 1 is 0.716 bits per heavy atom. The molecule has 0 aromatic carbocycles. The summed E-state index contributed by atoms with van der Waals surface area (Å²) in [6.07, 6.45) is -11.4. The number of aliphatic hydroxyl groups excluding tert-OH is 6. The molecule has 9 rings (SSSR count). The number of hydrogen-bond acceptors (Lipinski definition) is 21. The quantitative estimate of drug-likeness (QED) is 0.0786. The second-order valence-electron chi connectivity index (χ2n) is 23.8. The van der Waals surface area contributed by atoms with E-state index in [-0.39, 0.29) is 61.1 Å². The number of hydrogen-bond donors (Lipinski definition) is 7. The van der Waals surface area contributed by atoms with Crippen molar-refractivity contribution < 1.29 is 102 Å². The van der Waals surface area contributed by atoms with Crippen LogP contribution < -0.4 is 0 Å². The summed E-state index contributed by atoms with van der Waals surface area (Å²) in [5.74, 6) is -1.89. The molecule has 0 unspecified atom stereocenters. The van der Waals surface area contributed by atoms with Crippen LogP contribution in [0.2, 0.25) is 0 Å². The van der Waals surface area contributed by atoms with Crippen molar-refractivity contribution in [1.82, 2.24) is 0 Å². The molecule has 420 valence electrons. The summed E-state index contributed by atoms with van der Waals surface area (Å²) in [7, 11) is 0. The Morgan fingerprint density at radius 3 is 1.92 bits per heavy atom. The molecule has 26 atom stereocenters. The zero-order valence-electron chi connectivity index (χ0n) is 44.0. The second-order valence-corrected chi connectivity index (χ2v) is 23.8. The standard InChI is InChI=1S/C53H82O21/c1-23(2)49(62)73-48-43(60)37(21-54)70-50(44(48)61)74-47-26(5)67-42(20-36(47)68-27(6)55)72-46-25(4)66-41(19-35(46)57)71-45-24(3)65-40(18-34(45)56)69-30-11-13-51(7)29(16-30)9-10-32-33(51)17-38(58)52(8)31(12-14-53(32,52)63)28-15-39(59)64-22-28/h15,23-26,29-38,40-48,50,54,56-58,60-61,63H,9-14,16-22H2,1-8H3/t24-,25-,26-,29-,30+,31-,32-,33+,34+,35+,36+,37-,38-,40+,41+,42+,43-,44-,45-,46-,47-,48+,50+,51+,52+,53+/m1/s1. The first kappa shape index (κ1) is 56.3. The zero-order chi connectivity index (χ0) is 53.3. The van der Waals surface area contributed by atoms with E-state index in [1.807, 2.05) is 6.92 Å². The van der Waals surface area contributed by atoms with Crippen LogP contribution in [0.5, 0.6) is 0 Å². The van der Waals surface area contributed by atoms with E-state index in [1.165, 1.54) is 6.92 Å². The Balaban J connectivity index is 0.753. The van der Waals surface area contributed by atoms with E-state index in [2.05, 4.69) is 6.92 Å². The average Bonchev–Trinajstić information content (AvgIpc) is 3.89. The molecule has 8 fully saturated rings. The number of carbonyl (C=O) groups excluding carboxylic acids is 3. The molecule has 4 aliphatic carbocycles. The van der Waals surface area contributed by atoms with Gasteiger partial charge in [-0.15, -0.1) is 0 Å². The van der Waals surface area contributed by atoms with Crippen LogP contribution >= 0.6 is 0 Å². The molecule has 0 spiro atoms. The number of aliphatic hydroxyl groups is 7. The maximum atomic E-state index is 12.7. The molecule has 0 aromatic rings. The van der Waals surface area contributed by atoms with Crippen molar-refractivity contribution in [3.05, 3.63) is 11.6 Å². The first-order valence-corrected chi connectivity index (χ1v) is 27.2. The number of carbonyl (C=O) groups is 3. The van der Waals surface area contributed by atoms with E-state index >= 15 is 0 Å². The summed E-state index contributed by atoms with van der Waals surface area (Å²) in [6.45, 7) is 13.4. The normalized spacial score (nSPS) is 50.5. The molecule has 21 heteroatoms. The fraction of sp³-hybridized carbons (Fsp3) is 0.906. The predicted octanol–water partition coefficient (Wildman–Crippen LogP) is 1.82. The van der Waals surface area contributed by atoms with Gasteiger partial charge in [-0.2, -0.15) is 0 Å². The number of cyclic esters (lactones) is 1. The van der Waals surface area contributed by atoms with Crippen molar-refractivity contribution in [3.8, 4) is 0 Å².